The van der Waals surface area contributed by atoms with Gasteiger partial charge in [-0.3, -0.25) is 4.79 Å². The van der Waals surface area contributed by atoms with E-state index in [0.29, 0.717) is 15.8 Å². The number of carbonyl (C=O) groups excluding carboxylic acids is 1. The summed E-state index contributed by atoms with van der Waals surface area (Å²) in [6.45, 7) is 5.62. The molecule has 0 aliphatic heterocycles. The molecule has 0 fully saturated rings. The molecule has 2 aromatic carbocycles. The van der Waals surface area contributed by atoms with Gasteiger partial charge in [0.1, 0.15) is 0 Å². The molecule has 0 radical (unpaired) electrons. The van der Waals surface area contributed by atoms with Gasteiger partial charge in [-0.15, -0.1) is 5.10 Å². The van der Waals surface area contributed by atoms with Gasteiger partial charge in [0.05, 0.1) is 5.69 Å². The number of hydrogen-bond acceptors (Lipinski definition) is 4. The second-order valence-corrected chi connectivity index (χ2v) is 7.37. The fraction of sp³-hybridized carbons (Fsp3) is 0.182. The van der Waals surface area contributed by atoms with Crippen molar-refractivity contribution in [2.24, 2.45) is 0 Å². The monoisotopic (exact) mass is 425 g/mol. The molecule has 0 saturated carbocycles. The van der Waals surface area contributed by atoms with Crippen LogP contribution in [0.15, 0.2) is 48.5 Å². The van der Waals surface area contributed by atoms with Crippen molar-refractivity contribution in [1.29, 1.82) is 0 Å². The molecule has 0 spiro atoms. The fourth-order valence-electron chi connectivity index (χ4n) is 3.27. The third kappa shape index (κ3) is 4.25. The first-order valence-corrected chi connectivity index (χ1v) is 9.42. The van der Waals surface area contributed by atoms with Crippen molar-refractivity contribution in [2.45, 2.75) is 26.9 Å². The molecule has 0 saturated heterocycles. The molecule has 4 aromatic rings. The highest BCUT2D eigenvalue weighted by Crippen LogP contribution is 2.32. The van der Waals surface area contributed by atoms with Gasteiger partial charge in [-0.05, 0) is 50.1 Å². The molecule has 0 bridgehead atoms. The van der Waals surface area contributed by atoms with Crippen LogP contribution in [0.2, 0.25) is 0 Å². The van der Waals surface area contributed by atoms with E-state index in [1.165, 1.54) is 0 Å². The lowest BCUT2D eigenvalue weighted by molar-refractivity contribution is -0.142. The van der Waals surface area contributed by atoms with Crippen LogP contribution in [0.5, 0.6) is 0 Å². The smallest absolute Gasteiger partial charge is 0.319 e. The van der Waals surface area contributed by atoms with E-state index < -0.39 is 23.6 Å². The lowest BCUT2D eigenvalue weighted by Gasteiger charge is -2.10. The van der Waals surface area contributed by atoms with Crippen LogP contribution in [0.3, 0.4) is 0 Å². The van der Waals surface area contributed by atoms with Gasteiger partial charge in [0.2, 0.25) is 5.82 Å². The quantitative estimate of drug-likeness (QED) is 0.502. The molecule has 1 N–H and O–H groups in total. The van der Waals surface area contributed by atoms with Crippen LogP contribution in [-0.2, 0) is 6.18 Å². The summed E-state index contributed by atoms with van der Waals surface area (Å²) in [4.78, 5) is 20.8. The van der Waals surface area contributed by atoms with Gasteiger partial charge in [-0.1, -0.05) is 35.9 Å². The average molecular weight is 425 g/mol. The minimum atomic E-state index is -4.71. The Bertz CT molecular complexity index is 1270. The third-order valence-electron chi connectivity index (χ3n) is 4.63. The number of aryl methyl sites for hydroxylation is 3. The van der Waals surface area contributed by atoms with Crippen molar-refractivity contribution in [1.82, 2.24) is 19.6 Å². The van der Waals surface area contributed by atoms with Gasteiger partial charge in [0.15, 0.2) is 5.69 Å². The lowest BCUT2D eigenvalue weighted by atomic mass is 10.1. The molecule has 0 aliphatic rings. The Morgan fingerprint density at radius 3 is 2.16 bits per heavy atom. The molecule has 0 aliphatic carbocycles. The van der Waals surface area contributed by atoms with Crippen molar-refractivity contribution < 1.29 is 18.0 Å². The van der Waals surface area contributed by atoms with Crippen LogP contribution < -0.4 is 5.32 Å². The van der Waals surface area contributed by atoms with Gasteiger partial charge >= 0.3 is 6.18 Å². The van der Waals surface area contributed by atoms with E-state index in [1.807, 2.05) is 26.8 Å². The normalized spacial score (nSPS) is 11.7. The minimum Gasteiger partial charge on any atom is -0.319 e. The Morgan fingerprint density at radius 1 is 0.903 bits per heavy atom. The highest BCUT2D eigenvalue weighted by Gasteiger charge is 2.36. The average Bonchev–Trinajstić information content (AvgIpc) is 3.10. The van der Waals surface area contributed by atoms with E-state index in [9.17, 15) is 18.0 Å². The number of nitrogens with one attached hydrogen (secondary N) is 1. The van der Waals surface area contributed by atoms with Crippen LogP contribution in [0.1, 0.15) is 33.0 Å². The Labute approximate surface area is 175 Å². The molecule has 158 valence electrons. The molecule has 1 amide bonds. The van der Waals surface area contributed by atoms with Crippen LogP contribution in [0.4, 0.5) is 18.9 Å². The summed E-state index contributed by atoms with van der Waals surface area (Å²) < 4.78 is 41.7. The standard InChI is InChI=1S/C22H18F3N5O/c1-12-4-6-15(7-5-12)17-11-18(22(23,24)25)30-21(27-17)28-19(29-30)20(31)26-16-9-13(2)8-14(3)10-16/h4-11H,1-3H3,(H,26,31). The van der Waals surface area contributed by atoms with E-state index in [0.717, 1.165) is 22.8 Å². The summed E-state index contributed by atoms with van der Waals surface area (Å²) in [7, 11) is 0. The maximum absolute atomic E-state index is 13.7. The Morgan fingerprint density at radius 2 is 1.55 bits per heavy atom. The number of halogens is 3. The number of nitrogens with zero attached hydrogens (tertiary/aromatic N) is 4. The predicted octanol–water partition coefficient (Wildman–Crippen LogP) is 4.99. The molecular formula is C22H18F3N5O. The van der Waals surface area contributed by atoms with E-state index in [-0.39, 0.29) is 11.5 Å². The molecule has 31 heavy (non-hydrogen) atoms. The first kappa shape index (κ1) is 20.5. The second kappa shape index (κ2) is 7.50. The number of benzene rings is 2. The molecular weight excluding hydrogens is 407 g/mol. The largest absolute Gasteiger partial charge is 0.433 e. The summed E-state index contributed by atoms with van der Waals surface area (Å²) in [6.07, 6.45) is -4.71. The molecule has 2 aromatic heterocycles. The molecule has 9 heteroatoms. The lowest BCUT2D eigenvalue weighted by Crippen LogP contribution is -2.16. The Kier molecular flexibility index (Phi) is 4.96. The number of alkyl halides is 3. The highest BCUT2D eigenvalue weighted by molar-refractivity contribution is 6.01. The Hall–Kier alpha value is -3.75. The van der Waals surface area contributed by atoms with Gasteiger partial charge in [-0.2, -0.15) is 22.7 Å². The summed E-state index contributed by atoms with van der Waals surface area (Å²) in [5.41, 5.74) is 2.87. The van der Waals surface area contributed by atoms with Gasteiger partial charge < -0.3 is 5.32 Å². The first-order chi connectivity index (χ1) is 14.6. The number of carbonyl (C=O) groups is 1. The molecule has 0 unspecified atom stereocenters. The third-order valence-corrected chi connectivity index (χ3v) is 4.63. The summed E-state index contributed by atoms with van der Waals surface area (Å²) >= 11 is 0. The zero-order valence-electron chi connectivity index (χ0n) is 16.9. The van der Waals surface area contributed by atoms with Crippen LogP contribution in [-0.4, -0.2) is 25.5 Å². The molecule has 0 atom stereocenters. The summed E-state index contributed by atoms with van der Waals surface area (Å²) in [5, 5.41) is 6.41. The Balaban J connectivity index is 1.78. The van der Waals surface area contributed by atoms with Crippen LogP contribution in [0, 0.1) is 20.8 Å². The predicted molar refractivity (Wildman–Crippen MR) is 110 cm³/mol. The number of amides is 1. The number of aromatic nitrogens is 4. The number of anilines is 1. The zero-order chi connectivity index (χ0) is 22.3. The molecule has 6 nitrogen and oxygen atoms in total. The van der Waals surface area contributed by atoms with Gasteiger partial charge in [0.25, 0.3) is 11.7 Å². The van der Waals surface area contributed by atoms with E-state index in [2.05, 4.69) is 20.4 Å². The molecule has 2 heterocycles. The number of fused-ring (bicyclic) bond motifs is 1. The van der Waals surface area contributed by atoms with Gasteiger partial charge in [0, 0.05) is 11.3 Å². The zero-order valence-corrected chi connectivity index (χ0v) is 16.9. The van der Waals surface area contributed by atoms with Crippen molar-refractivity contribution >= 4 is 17.4 Å². The van der Waals surface area contributed by atoms with Crippen LogP contribution >= 0.6 is 0 Å². The second-order valence-electron chi connectivity index (χ2n) is 7.37. The minimum absolute atomic E-state index is 0.0912. The van der Waals surface area contributed by atoms with Crippen molar-refractivity contribution in [2.75, 3.05) is 5.32 Å². The van der Waals surface area contributed by atoms with Gasteiger partial charge in [-0.25, -0.2) is 4.98 Å². The highest BCUT2D eigenvalue weighted by atomic mass is 19.4. The SMILES string of the molecule is Cc1ccc(-c2cc(C(F)(F)F)n3nc(C(=O)Nc4cc(C)cc(C)c4)nc3n2)cc1. The maximum Gasteiger partial charge on any atom is 0.433 e. The maximum atomic E-state index is 13.7. The topological polar surface area (TPSA) is 72.2 Å². The van der Waals surface area contributed by atoms with Crippen molar-refractivity contribution in [3.05, 3.63) is 76.7 Å². The fourth-order valence-corrected chi connectivity index (χ4v) is 3.27. The van der Waals surface area contributed by atoms with E-state index >= 15 is 0 Å². The van der Waals surface area contributed by atoms with Crippen molar-refractivity contribution in [3.63, 3.8) is 0 Å². The van der Waals surface area contributed by atoms with Crippen molar-refractivity contribution in [3.8, 4) is 11.3 Å². The number of hydrogen-bond donors (Lipinski definition) is 1. The van der Waals surface area contributed by atoms with E-state index in [1.54, 1.807) is 36.4 Å². The molecule has 4 rings (SSSR count). The van der Waals surface area contributed by atoms with Crippen LogP contribution in [0.25, 0.3) is 17.0 Å². The summed E-state index contributed by atoms with van der Waals surface area (Å²) in [6, 6.07) is 13.2. The van der Waals surface area contributed by atoms with E-state index in [4.69, 9.17) is 0 Å². The summed E-state index contributed by atoms with van der Waals surface area (Å²) in [5.74, 6) is -1.44. The number of rotatable bonds is 3. The first-order valence-electron chi connectivity index (χ1n) is 9.42.